The standard InChI is InChI=1S/C26H22ClN5O2/c27-22-8-4-5-18(13-22)17-32(23-11-9-19(10-12-23)21(15-28)16-29)25(33)14-24-30-31-26(34-24)20-6-2-1-3-7-20/h1-13,15-16,28H,14,17,29H2/p+1/b21-16+,28-15?. The number of hydrogen-bond acceptors (Lipinski definition) is 5. The molecule has 0 fully saturated rings. The van der Waals surface area contributed by atoms with Gasteiger partial charge in [-0.15, -0.1) is 10.2 Å². The molecular weight excluding hydrogens is 450 g/mol. The van der Waals surface area contributed by atoms with Gasteiger partial charge in [-0.2, -0.15) is 0 Å². The van der Waals surface area contributed by atoms with Crippen molar-refractivity contribution < 1.29 is 14.6 Å². The van der Waals surface area contributed by atoms with Gasteiger partial charge in [-0.05, 0) is 47.5 Å². The Labute approximate surface area is 202 Å². The first-order chi connectivity index (χ1) is 16.6. The SMILES string of the molecule is N/C=C(\C=[NH2+])c1ccc(N(Cc2cccc(Cl)c2)C(=O)Cc2nnc(-c3ccccc3)o2)cc1. The Morgan fingerprint density at radius 2 is 1.79 bits per heavy atom. The van der Waals surface area contributed by atoms with Crippen molar-refractivity contribution >= 4 is 35.0 Å². The lowest BCUT2D eigenvalue weighted by atomic mass is 10.1. The molecule has 4 N–H and O–H groups in total. The van der Waals surface area contributed by atoms with Crippen molar-refractivity contribution in [3.8, 4) is 11.5 Å². The topological polar surface area (TPSA) is 111 Å². The van der Waals surface area contributed by atoms with Crippen LogP contribution in [0.1, 0.15) is 17.0 Å². The predicted molar refractivity (Wildman–Crippen MR) is 133 cm³/mol. The number of halogens is 1. The van der Waals surface area contributed by atoms with Crippen molar-refractivity contribution in [1.82, 2.24) is 10.2 Å². The third kappa shape index (κ3) is 5.39. The Hall–Kier alpha value is -4.23. The lowest BCUT2D eigenvalue weighted by Crippen LogP contribution is -2.32. The zero-order chi connectivity index (χ0) is 23.9. The third-order valence-corrected chi connectivity index (χ3v) is 5.43. The molecule has 0 atom stereocenters. The van der Waals surface area contributed by atoms with Crippen LogP contribution < -0.4 is 16.0 Å². The van der Waals surface area contributed by atoms with Gasteiger partial charge in [0.25, 0.3) is 0 Å². The van der Waals surface area contributed by atoms with Crippen LogP contribution in [0.4, 0.5) is 5.69 Å². The largest absolute Gasteiger partial charge is 0.420 e. The summed E-state index contributed by atoms with van der Waals surface area (Å²) >= 11 is 6.16. The second kappa shape index (κ2) is 10.6. The Bertz CT molecular complexity index is 1320. The minimum atomic E-state index is -0.198. The molecule has 0 radical (unpaired) electrons. The molecule has 0 spiro atoms. The number of amides is 1. The molecule has 7 nitrogen and oxygen atoms in total. The van der Waals surface area contributed by atoms with Crippen molar-refractivity contribution in [1.29, 1.82) is 0 Å². The fraction of sp³-hybridized carbons (Fsp3) is 0.0769. The highest BCUT2D eigenvalue weighted by atomic mass is 35.5. The van der Waals surface area contributed by atoms with Crippen LogP contribution in [0, 0.1) is 0 Å². The summed E-state index contributed by atoms with van der Waals surface area (Å²) in [5.74, 6) is 0.409. The first kappa shape index (κ1) is 22.9. The molecule has 1 heterocycles. The normalized spacial score (nSPS) is 11.3. The number of carbonyl (C=O) groups is 1. The molecule has 1 aromatic heterocycles. The van der Waals surface area contributed by atoms with Crippen LogP contribution in [0.2, 0.25) is 5.02 Å². The van der Waals surface area contributed by atoms with Crippen molar-refractivity contribution in [2.24, 2.45) is 5.73 Å². The molecule has 8 heteroatoms. The molecule has 0 aliphatic heterocycles. The average Bonchev–Trinajstić information content (AvgIpc) is 3.33. The van der Waals surface area contributed by atoms with Gasteiger partial charge in [0.2, 0.25) is 17.7 Å². The maximum absolute atomic E-state index is 13.4. The number of rotatable bonds is 8. The summed E-state index contributed by atoms with van der Waals surface area (Å²) in [7, 11) is 0. The summed E-state index contributed by atoms with van der Waals surface area (Å²) in [5, 5.41) is 14.4. The van der Waals surface area contributed by atoms with Crippen LogP contribution in [0.25, 0.3) is 17.0 Å². The summed E-state index contributed by atoms with van der Waals surface area (Å²) in [6.07, 6.45) is 2.82. The molecule has 1 amide bonds. The highest BCUT2D eigenvalue weighted by molar-refractivity contribution is 6.30. The van der Waals surface area contributed by atoms with E-state index in [0.29, 0.717) is 28.7 Å². The van der Waals surface area contributed by atoms with Gasteiger partial charge in [0, 0.05) is 22.5 Å². The number of nitrogens with zero attached hydrogens (tertiary/aromatic N) is 3. The number of benzene rings is 3. The molecular formula is C26H23ClN5O2+. The molecule has 0 aliphatic carbocycles. The van der Waals surface area contributed by atoms with Gasteiger partial charge in [-0.3, -0.25) is 10.2 Å². The molecule has 0 aliphatic rings. The number of anilines is 1. The number of nitrogens with two attached hydrogens (primary N) is 2. The Balaban J connectivity index is 1.60. The van der Waals surface area contributed by atoms with Crippen molar-refractivity contribution in [2.75, 3.05) is 4.90 Å². The summed E-state index contributed by atoms with van der Waals surface area (Å²) in [4.78, 5) is 15.0. The first-order valence-corrected chi connectivity index (χ1v) is 10.9. The van der Waals surface area contributed by atoms with Crippen LogP contribution in [-0.2, 0) is 17.8 Å². The fourth-order valence-electron chi connectivity index (χ4n) is 3.47. The van der Waals surface area contributed by atoms with E-state index in [1.165, 1.54) is 12.4 Å². The smallest absolute Gasteiger partial charge is 0.247 e. The number of allylic oxidation sites excluding steroid dienone is 1. The van der Waals surface area contributed by atoms with Crippen LogP contribution >= 0.6 is 11.6 Å². The Kier molecular flexibility index (Phi) is 7.15. The fourth-order valence-corrected chi connectivity index (χ4v) is 3.68. The first-order valence-electron chi connectivity index (χ1n) is 10.6. The lowest BCUT2D eigenvalue weighted by molar-refractivity contribution is -0.118. The second-order valence-electron chi connectivity index (χ2n) is 7.49. The van der Waals surface area contributed by atoms with E-state index < -0.39 is 0 Å². The van der Waals surface area contributed by atoms with Crippen molar-refractivity contribution in [3.63, 3.8) is 0 Å². The monoisotopic (exact) mass is 472 g/mol. The highest BCUT2D eigenvalue weighted by Crippen LogP contribution is 2.24. The van der Waals surface area contributed by atoms with E-state index in [0.717, 1.165) is 16.7 Å². The molecule has 0 unspecified atom stereocenters. The average molecular weight is 473 g/mol. The van der Waals surface area contributed by atoms with E-state index in [1.807, 2.05) is 72.8 Å². The third-order valence-electron chi connectivity index (χ3n) is 5.19. The molecule has 0 saturated carbocycles. The van der Waals surface area contributed by atoms with Gasteiger partial charge < -0.3 is 15.1 Å². The zero-order valence-electron chi connectivity index (χ0n) is 18.3. The number of hydrogen-bond donors (Lipinski definition) is 2. The van der Waals surface area contributed by atoms with Crippen LogP contribution in [-0.4, -0.2) is 22.3 Å². The second-order valence-corrected chi connectivity index (χ2v) is 7.93. The minimum Gasteiger partial charge on any atom is -0.420 e. The Morgan fingerprint density at radius 3 is 2.47 bits per heavy atom. The van der Waals surface area contributed by atoms with Crippen LogP contribution in [0.5, 0.6) is 0 Å². The molecule has 34 heavy (non-hydrogen) atoms. The molecule has 3 aromatic carbocycles. The van der Waals surface area contributed by atoms with Crippen LogP contribution in [0.3, 0.4) is 0 Å². The molecule has 0 saturated heterocycles. The minimum absolute atomic E-state index is 0.0489. The van der Waals surface area contributed by atoms with Gasteiger partial charge in [0.05, 0.1) is 12.1 Å². The summed E-state index contributed by atoms with van der Waals surface area (Å²) < 4.78 is 5.75. The molecule has 4 rings (SSSR count). The predicted octanol–water partition coefficient (Wildman–Crippen LogP) is 3.30. The van der Waals surface area contributed by atoms with Gasteiger partial charge in [0.1, 0.15) is 6.42 Å². The lowest BCUT2D eigenvalue weighted by Gasteiger charge is -2.23. The maximum Gasteiger partial charge on any atom is 0.247 e. The van der Waals surface area contributed by atoms with E-state index in [1.54, 1.807) is 11.0 Å². The van der Waals surface area contributed by atoms with E-state index in [4.69, 9.17) is 27.2 Å². The van der Waals surface area contributed by atoms with Gasteiger partial charge in [-0.25, -0.2) is 0 Å². The number of carbonyl (C=O) groups excluding carboxylic acids is 1. The number of aromatic nitrogens is 2. The van der Waals surface area contributed by atoms with Gasteiger partial charge in [0.15, 0.2) is 6.21 Å². The molecule has 170 valence electrons. The maximum atomic E-state index is 13.4. The van der Waals surface area contributed by atoms with E-state index in [-0.39, 0.29) is 18.2 Å². The Morgan fingerprint density at radius 1 is 1.03 bits per heavy atom. The zero-order valence-corrected chi connectivity index (χ0v) is 19.0. The molecule has 0 bridgehead atoms. The van der Waals surface area contributed by atoms with E-state index >= 15 is 0 Å². The van der Waals surface area contributed by atoms with E-state index in [2.05, 4.69) is 10.2 Å². The summed E-state index contributed by atoms with van der Waals surface area (Å²) in [5.41, 5.74) is 9.55. The van der Waals surface area contributed by atoms with Crippen molar-refractivity contribution in [2.45, 2.75) is 13.0 Å². The van der Waals surface area contributed by atoms with Gasteiger partial charge in [-0.1, -0.05) is 54.1 Å². The van der Waals surface area contributed by atoms with Crippen LogP contribution in [0.15, 0.2) is 89.5 Å². The summed E-state index contributed by atoms with van der Waals surface area (Å²) in [6.45, 7) is 0.320. The highest BCUT2D eigenvalue weighted by Gasteiger charge is 2.21. The quantitative estimate of drug-likeness (QED) is 0.382. The summed E-state index contributed by atoms with van der Waals surface area (Å²) in [6, 6.07) is 24.2. The van der Waals surface area contributed by atoms with Gasteiger partial charge >= 0.3 is 0 Å². The van der Waals surface area contributed by atoms with Crippen molar-refractivity contribution in [3.05, 3.63) is 107 Å². The van der Waals surface area contributed by atoms with E-state index in [9.17, 15) is 4.79 Å². The molecule has 4 aromatic rings.